The molecule has 0 saturated carbocycles. The van der Waals surface area contributed by atoms with Gasteiger partial charge < -0.3 is 10.6 Å². The van der Waals surface area contributed by atoms with E-state index in [1.165, 1.54) is 0 Å². The van der Waals surface area contributed by atoms with Crippen molar-refractivity contribution in [2.24, 2.45) is 0 Å². The van der Waals surface area contributed by atoms with Crippen molar-refractivity contribution in [2.75, 3.05) is 23.7 Å². The number of nitrogen functional groups attached to an aromatic ring is 1. The van der Waals surface area contributed by atoms with E-state index in [9.17, 15) is 8.78 Å². The molecule has 5 heteroatoms. The van der Waals surface area contributed by atoms with Crippen LogP contribution in [-0.4, -0.2) is 24.0 Å². The third-order valence-electron chi connectivity index (χ3n) is 2.88. The minimum absolute atomic E-state index is 0.0967. The highest BCUT2D eigenvalue weighted by Crippen LogP contribution is 2.30. The van der Waals surface area contributed by atoms with Crippen molar-refractivity contribution in [2.45, 2.75) is 25.7 Å². The molecular formula is C11H15F2N3. The van der Waals surface area contributed by atoms with Crippen LogP contribution in [0, 0.1) is 0 Å². The molecule has 1 aromatic heterocycles. The number of pyridine rings is 1. The molecule has 88 valence electrons. The molecule has 0 aromatic carbocycles. The first-order valence-corrected chi connectivity index (χ1v) is 5.39. The SMILES string of the molecule is CCc1cc(N2CCC(F)(F)C2)ncc1N. The summed E-state index contributed by atoms with van der Waals surface area (Å²) in [4.78, 5) is 5.71. The second kappa shape index (κ2) is 3.88. The Kier molecular flexibility index (Phi) is 2.69. The zero-order valence-corrected chi connectivity index (χ0v) is 9.21. The number of aromatic nitrogens is 1. The van der Waals surface area contributed by atoms with Crippen molar-refractivity contribution in [1.82, 2.24) is 4.98 Å². The second-order valence-corrected chi connectivity index (χ2v) is 4.12. The summed E-state index contributed by atoms with van der Waals surface area (Å²) < 4.78 is 26.1. The minimum Gasteiger partial charge on any atom is -0.397 e. The van der Waals surface area contributed by atoms with Crippen molar-refractivity contribution in [1.29, 1.82) is 0 Å². The summed E-state index contributed by atoms with van der Waals surface area (Å²) in [7, 11) is 0. The molecule has 0 atom stereocenters. The minimum atomic E-state index is -2.59. The van der Waals surface area contributed by atoms with Gasteiger partial charge in [0.15, 0.2) is 0 Å². The van der Waals surface area contributed by atoms with Crippen LogP contribution in [-0.2, 0) is 6.42 Å². The van der Waals surface area contributed by atoms with Crippen LogP contribution in [0.25, 0.3) is 0 Å². The summed E-state index contributed by atoms with van der Waals surface area (Å²) in [5, 5.41) is 0. The van der Waals surface area contributed by atoms with E-state index in [0.29, 0.717) is 18.1 Å². The van der Waals surface area contributed by atoms with Gasteiger partial charge in [-0.15, -0.1) is 0 Å². The van der Waals surface area contributed by atoms with Gasteiger partial charge >= 0.3 is 0 Å². The lowest BCUT2D eigenvalue weighted by molar-refractivity contribution is 0.0257. The van der Waals surface area contributed by atoms with Crippen LogP contribution in [0.1, 0.15) is 18.9 Å². The Morgan fingerprint density at radius 3 is 2.88 bits per heavy atom. The van der Waals surface area contributed by atoms with Gasteiger partial charge in [0.25, 0.3) is 5.92 Å². The zero-order chi connectivity index (χ0) is 11.8. The van der Waals surface area contributed by atoms with E-state index in [1.54, 1.807) is 17.2 Å². The molecule has 1 aromatic rings. The first-order valence-electron chi connectivity index (χ1n) is 5.39. The number of anilines is 2. The molecule has 2 rings (SSSR count). The van der Waals surface area contributed by atoms with Crippen molar-refractivity contribution in [3.8, 4) is 0 Å². The predicted molar refractivity (Wildman–Crippen MR) is 59.8 cm³/mol. The lowest BCUT2D eigenvalue weighted by Crippen LogP contribution is -2.25. The lowest BCUT2D eigenvalue weighted by Gasteiger charge is -2.18. The first-order chi connectivity index (χ1) is 7.52. The molecule has 0 aliphatic carbocycles. The Balaban J connectivity index is 2.22. The van der Waals surface area contributed by atoms with Gasteiger partial charge in [0.2, 0.25) is 0 Å². The molecular weight excluding hydrogens is 212 g/mol. The number of alkyl halides is 2. The average molecular weight is 227 g/mol. The molecule has 2 heterocycles. The zero-order valence-electron chi connectivity index (χ0n) is 9.21. The largest absolute Gasteiger partial charge is 0.397 e. The molecule has 2 N–H and O–H groups in total. The molecule has 0 bridgehead atoms. The van der Waals surface area contributed by atoms with E-state index in [4.69, 9.17) is 5.73 Å². The van der Waals surface area contributed by atoms with Gasteiger partial charge in [-0.25, -0.2) is 13.8 Å². The van der Waals surface area contributed by atoms with Crippen LogP contribution < -0.4 is 10.6 Å². The van der Waals surface area contributed by atoms with Crippen molar-refractivity contribution in [3.63, 3.8) is 0 Å². The highest BCUT2D eigenvalue weighted by Gasteiger charge is 2.38. The van der Waals surface area contributed by atoms with Crippen LogP contribution in [0.4, 0.5) is 20.3 Å². The van der Waals surface area contributed by atoms with Crippen LogP contribution >= 0.6 is 0 Å². The maximum atomic E-state index is 13.0. The quantitative estimate of drug-likeness (QED) is 0.841. The summed E-state index contributed by atoms with van der Waals surface area (Å²) in [6, 6.07) is 1.80. The molecule has 1 fully saturated rings. The highest BCUT2D eigenvalue weighted by molar-refractivity contribution is 5.53. The molecule has 0 radical (unpaired) electrons. The normalized spacial score (nSPS) is 19.1. The monoisotopic (exact) mass is 227 g/mol. The van der Waals surface area contributed by atoms with Gasteiger partial charge in [0.1, 0.15) is 5.82 Å². The molecule has 0 spiro atoms. The fourth-order valence-corrected chi connectivity index (χ4v) is 1.91. The van der Waals surface area contributed by atoms with E-state index in [0.717, 1.165) is 12.0 Å². The Morgan fingerprint density at radius 1 is 1.56 bits per heavy atom. The Morgan fingerprint density at radius 2 is 2.31 bits per heavy atom. The van der Waals surface area contributed by atoms with Gasteiger partial charge in [-0.2, -0.15) is 0 Å². The van der Waals surface area contributed by atoms with Crippen molar-refractivity contribution >= 4 is 11.5 Å². The lowest BCUT2D eigenvalue weighted by atomic mass is 10.2. The smallest absolute Gasteiger partial charge is 0.266 e. The molecule has 1 aliphatic rings. The topological polar surface area (TPSA) is 42.2 Å². The van der Waals surface area contributed by atoms with E-state index < -0.39 is 5.92 Å². The molecule has 1 saturated heterocycles. The van der Waals surface area contributed by atoms with E-state index in [1.807, 2.05) is 6.92 Å². The predicted octanol–water partition coefficient (Wildman–Crippen LogP) is 2.07. The van der Waals surface area contributed by atoms with Gasteiger partial charge in [-0.05, 0) is 18.1 Å². The third-order valence-corrected chi connectivity index (χ3v) is 2.88. The van der Waals surface area contributed by atoms with Crippen LogP contribution in [0.2, 0.25) is 0 Å². The van der Waals surface area contributed by atoms with Crippen LogP contribution in [0.15, 0.2) is 12.3 Å². The summed E-state index contributed by atoms with van der Waals surface area (Å²) in [5.74, 6) is -1.99. The van der Waals surface area contributed by atoms with Crippen molar-refractivity contribution in [3.05, 3.63) is 17.8 Å². The number of nitrogens with two attached hydrogens (primary N) is 1. The molecule has 3 nitrogen and oxygen atoms in total. The van der Waals surface area contributed by atoms with E-state index in [-0.39, 0.29) is 13.0 Å². The summed E-state index contributed by atoms with van der Waals surface area (Å²) in [5.41, 5.74) is 7.30. The Hall–Kier alpha value is -1.39. The van der Waals surface area contributed by atoms with Crippen LogP contribution in [0.5, 0.6) is 0 Å². The van der Waals surface area contributed by atoms with Crippen molar-refractivity contribution < 1.29 is 8.78 Å². The molecule has 1 aliphatic heterocycles. The molecule has 0 amide bonds. The number of rotatable bonds is 2. The van der Waals surface area contributed by atoms with Gasteiger partial charge in [-0.1, -0.05) is 6.92 Å². The maximum absolute atomic E-state index is 13.0. The standard InChI is InChI=1S/C11H15F2N3/c1-2-8-5-10(15-6-9(8)14)16-4-3-11(12,13)7-16/h5-6H,2-4,7,14H2,1H3. The maximum Gasteiger partial charge on any atom is 0.266 e. The number of nitrogens with zero attached hydrogens (tertiary/aromatic N) is 2. The summed E-state index contributed by atoms with van der Waals surface area (Å²) in [6.45, 7) is 2.09. The van der Waals surface area contributed by atoms with E-state index >= 15 is 0 Å². The molecule has 16 heavy (non-hydrogen) atoms. The fourth-order valence-electron chi connectivity index (χ4n) is 1.91. The molecule has 0 unspecified atom stereocenters. The average Bonchev–Trinajstić information content (AvgIpc) is 2.59. The Labute approximate surface area is 93.3 Å². The third kappa shape index (κ3) is 2.08. The van der Waals surface area contributed by atoms with Gasteiger partial charge in [0, 0.05) is 13.0 Å². The Bertz CT molecular complexity index is 393. The van der Waals surface area contributed by atoms with E-state index in [2.05, 4.69) is 4.98 Å². The van der Waals surface area contributed by atoms with Crippen LogP contribution in [0.3, 0.4) is 0 Å². The summed E-state index contributed by atoms with van der Waals surface area (Å²) in [6.07, 6.45) is 2.23. The first kappa shape index (κ1) is 11.1. The number of hydrogen-bond acceptors (Lipinski definition) is 3. The summed E-state index contributed by atoms with van der Waals surface area (Å²) >= 11 is 0. The fraction of sp³-hybridized carbons (Fsp3) is 0.545. The van der Waals surface area contributed by atoms with Gasteiger partial charge in [0.05, 0.1) is 18.4 Å². The second-order valence-electron chi connectivity index (χ2n) is 4.12. The number of aryl methyl sites for hydroxylation is 1. The highest BCUT2D eigenvalue weighted by atomic mass is 19.3. The number of halogens is 2. The number of hydrogen-bond donors (Lipinski definition) is 1. The van der Waals surface area contributed by atoms with Gasteiger partial charge in [-0.3, -0.25) is 0 Å².